The standard InChI is InChI=1S/C10H11Br2NO4S2/c11-8-3-7(10(12)18-8)19(16,17)13(5-9(14)15)4-6-1-2-6/h3,6H,1-2,4-5H2,(H,14,15). The van der Waals surface area contributed by atoms with Crippen molar-refractivity contribution >= 4 is 59.2 Å². The number of rotatable bonds is 6. The Morgan fingerprint density at radius 2 is 2.11 bits per heavy atom. The van der Waals surface area contributed by atoms with Crippen molar-refractivity contribution in [1.82, 2.24) is 4.31 Å². The molecular weight excluding hydrogens is 422 g/mol. The monoisotopic (exact) mass is 431 g/mol. The van der Waals surface area contributed by atoms with E-state index < -0.39 is 22.5 Å². The first kappa shape index (κ1) is 15.4. The van der Waals surface area contributed by atoms with Crippen LogP contribution in [-0.4, -0.2) is 36.9 Å². The van der Waals surface area contributed by atoms with Crippen LogP contribution in [0, 0.1) is 5.92 Å². The van der Waals surface area contributed by atoms with Crippen LogP contribution < -0.4 is 0 Å². The molecule has 0 aliphatic heterocycles. The molecular formula is C10H11Br2NO4S2. The number of carbonyl (C=O) groups is 1. The number of hydrogen-bond acceptors (Lipinski definition) is 4. The molecule has 1 aromatic rings. The Labute approximate surface area is 131 Å². The topological polar surface area (TPSA) is 74.7 Å². The van der Waals surface area contributed by atoms with Gasteiger partial charge in [-0.3, -0.25) is 4.79 Å². The van der Waals surface area contributed by atoms with Gasteiger partial charge in [0.05, 0.1) is 7.57 Å². The van der Waals surface area contributed by atoms with E-state index in [4.69, 9.17) is 5.11 Å². The van der Waals surface area contributed by atoms with Crippen LogP contribution >= 0.6 is 43.2 Å². The van der Waals surface area contributed by atoms with Crippen LogP contribution in [-0.2, 0) is 14.8 Å². The van der Waals surface area contributed by atoms with E-state index in [1.165, 1.54) is 17.4 Å². The van der Waals surface area contributed by atoms with Crippen LogP contribution in [0.4, 0.5) is 0 Å². The first-order valence-electron chi connectivity index (χ1n) is 5.47. The molecule has 1 fully saturated rings. The summed E-state index contributed by atoms with van der Waals surface area (Å²) in [7, 11) is -3.77. The molecule has 0 saturated heterocycles. The molecule has 0 unspecified atom stereocenters. The summed E-state index contributed by atoms with van der Waals surface area (Å²) in [6.45, 7) is -0.229. The second-order valence-corrected chi connectivity index (χ2v) is 9.98. The van der Waals surface area contributed by atoms with Gasteiger partial charge in [-0.15, -0.1) is 11.3 Å². The van der Waals surface area contributed by atoms with Gasteiger partial charge in [0, 0.05) is 6.54 Å². The van der Waals surface area contributed by atoms with Crippen LogP contribution in [0.25, 0.3) is 0 Å². The highest BCUT2D eigenvalue weighted by Gasteiger charge is 2.34. The second-order valence-electron chi connectivity index (χ2n) is 4.32. The quantitative estimate of drug-likeness (QED) is 0.749. The Balaban J connectivity index is 2.32. The van der Waals surface area contributed by atoms with E-state index in [0.717, 1.165) is 17.1 Å². The first-order chi connectivity index (χ1) is 8.80. The minimum atomic E-state index is -3.77. The first-order valence-corrected chi connectivity index (χ1v) is 9.31. The van der Waals surface area contributed by atoms with E-state index in [9.17, 15) is 13.2 Å². The van der Waals surface area contributed by atoms with Gasteiger partial charge in [-0.05, 0) is 56.7 Å². The average Bonchev–Trinajstić information content (AvgIpc) is 3.01. The lowest BCUT2D eigenvalue weighted by Gasteiger charge is -2.19. The predicted octanol–water partition coefficient (Wildman–Crippen LogP) is 2.76. The molecule has 0 spiro atoms. The summed E-state index contributed by atoms with van der Waals surface area (Å²) in [5.74, 6) is -0.857. The minimum absolute atomic E-state index is 0.117. The van der Waals surface area contributed by atoms with E-state index in [2.05, 4.69) is 31.9 Å². The average molecular weight is 433 g/mol. The smallest absolute Gasteiger partial charge is 0.318 e. The van der Waals surface area contributed by atoms with Gasteiger partial charge in [-0.25, -0.2) is 8.42 Å². The zero-order valence-corrected chi connectivity index (χ0v) is 14.5. The summed E-state index contributed by atoms with van der Waals surface area (Å²) in [5, 5.41) is 8.88. The van der Waals surface area contributed by atoms with Gasteiger partial charge >= 0.3 is 5.97 Å². The maximum absolute atomic E-state index is 12.5. The normalized spacial score (nSPS) is 15.9. The molecule has 5 nitrogen and oxygen atoms in total. The second kappa shape index (κ2) is 5.80. The summed E-state index contributed by atoms with van der Waals surface area (Å²) < 4.78 is 27.2. The fourth-order valence-electron chi connectivity index (χ4n) is 1.63. The van der Waals surface area contributed by atoms with E-state index in [-0.39, 0.29) is 17.4 Å². The number of nitrogens with zero attached hydrogens (tertiary/aromatic N) is 1. The summed E-state index contributed by atoms with van der Waals surface area (Å²) in [6, 6.07) is 1.49. The molecule has 1 aliphatic carbocycles. The largest absolute Gasteiger partial charge is 0.480 e. The van der Waals surface area contributed by atoms with Gasteiger partial charge in [0.15, 0.2) is 0 Å². The molecule has 9 heteroatoms. The molecule has 1 aliphatic rings. The van der Waals surface area contributed by atoms with Crippen molar-refractivity contribution in [2.45, 2.75) is 17.7 Å². The van der Waals surface area contributed by atoms with E-state index in [1.54, 1.807) is 0 Å². The van der Waals surface area contributed by atoms with E-state index in [0.29, 0.717) is 7.57 Å². The number of aliphatic carboxylic acids is 1. The molecule has 0 amide bonds. The Morgan fingerprint density at radius 3 is 2.53 bits per heavy atom. The third-order valence-electron chi connectivity index (χ3n) is 2.71. The predicted molar refractivity (Wildman–Crippen MR) is 78.8 cm³/mol. The van der Waals surface area contributed by atoms with Crippen molar-refractivity contribution in [1.29, 1.82) is 0 Å². The summed E-state index contributed by atoms with van der Waals surface area (Å²) in [5.41, 5.74) is 0. The summed E-state index contributed by atoms with van der Waals surface area (Å²) in [6.07, 6.45) is 1.92. The van der Waals surface area contributed by atoms with E-state index in [1.807, 2.05) is 0 Å². The molecule has 1 heterocycles. The maximum atomic E-state index is 12.5. The number of halogens is 2. The highest BCUT2D eigenvalue weighted by molar-refractivity contribution is 9.12. The van der Waals surface area contributed by atoms with Gasteiger partial charge in [0.25, 0.3) is 0 Å². The van der Waals surface area contributed by atoms with E-state index >= 15 is 0 Å². The zero-order valence-electron chi connectivity index (χ0n) is 9.67. The fourth-order valence-corrected chi connectivity index (χ4v) is 6.85. The van der Waals surface area contributed by atoms with Crippen LogP contribution in [0.1, 0.15) is 12.8 Å². The number of sulfonamides is 1. The van der Waals surface area contributed by atoms with Crippen molar-refractivity contribution in [3.63, 3.8) is 0 Å². The molecule has 0 bridgehead atoms. The van der Waals surface area contributed by atoms with Gasteiger partial charge in [-0.2, -0.15) is 4.31 Å². The minimum Gasteiger partial charge on any atom is -0.480 e. The third kappa shape index (κ3) is 3.78. The van der Waals surface area contributed by atoms with Crippen LogP contribution in [0.2, 0.25) is 0 Å². The SMILES string of the molecule is O=C(O)CN(CC1CC1)S(=O)(=O)c1cc(Br)sc1Br. The zero-order chi connectivity index (χ0) is 14.2. The number of carboxylic acid groups (broad SMARTS) is 1. The van der Waals surface area contributed by atoms with Crippen molar-refractivity contribution in [3.8, 4) is 0 Å². The summed E-state index contributed by atoms with van der Waals surface area (Å²) >= 11 is 7.68. The highest BCUT2D eigenvalue weighted by atomic mass is 79.9. The summed E-state index contributed by atoms with van der Waals surface area (Å²) in [4.78, 5) is 11.0. The van der Waals surface area contributed by atoms with Crippen LogP contribution in [0.15, 0.2) is 18.5 Å². The molecule has 1 saturated carbocycles. The fraction of sp³-hybridized carbons (Fsp3) is 0.500. The Morgan fingerprint density at radius 1 is 1.47 bits per heavy atom. The molecule has 1 aromatic heterocycles. The van der Waals surface area contributed by atoms with Crippen molar-refractivity contribution < 1.29 is 18.3 Å². The lowest BCUT2D eigenvalue weighted by Crippen LogP contribution is -2.37. The Kier molecular flexibility index (Phi) is 4.71. The van der Waals surface area contributed by atoms with Crippen LogP contribution in [0.3, 0.4) is 0 Å². The van der Waals surface area contributed by atoms with Crippen LogP contribution in [0.5, 0.6) is 0 Å². The number of carboxylic acids is 1. The molecule has 1 N–H and O–H groups in total. The molecule has 19 heavy (non-hydrogen) atoms. The number of thiophene rings is 1. The highest BCUT2D eigenvalue weighted by Crippen LogP contribution is 2.38. The third-order valence-corrected chi connectivity index (χ3v) is 7.28. The molecule has 0 radical (unpaired) electrons. The van der Waals surface area contributed by atoms with Gasteiger partial charge < -0.3 is 5.11 Å². The van der Waals surface area contributed by atoms with Gasteiger partial charge in [0.1, 0.15) is 11.4 Å². The lowest BCUT2D eigenvalue weighted by atomic mass is 10.4. The van der Waals surface area contributed by atoms with Crippen molar-refractivity contribution in [2.24, 2.45) is 5.92 Å². The lowest BCUT2D eigenvalue weighted by molar-refractivity contribution is -0.137. The van der Waals surface area contributed by atoms with Gasteiger partial charge in [-0.1, -0.05) is 0 Å². The molecule has 0 aromatic carbocycles. The van der Waals surface area contributed by atoms with Crippen molar-refractivity contribution in [3.05, 3.63) is 13.6 Å². The molecule has 106 valence electrons. The molecule has 0 atom stereocenters. The molecule has 2 rings (SSSR count). The van der Waals surface area contributed by atoms with Crippen molar-refractivity contribution in [2.75, 3.05) is 13.1 Å². The Bertz CT molecular complexity index is 595. The Hall–Kier alpha value is 0.0400. The van der Waals surface area contributed by atoms with Gasteiger partial charge in [0.2, 0.25) is 10.0 Å². The number of hydrogen-bond donors (Lipinski definition) is 1. The maximum Gasteiger partial charge on any atom is 0.318 e.